The molecular weight excluding hydrogens is 288 g/mol. The van der Waals surface area contributed by atoms with E-state index < -0.39 is 17.9 Å². The van der Waals surface area contributed by atoms with Gasteiger partial charge in [0.25, 0.3) is 11.8 Å². The van der Waals surface area contributed by atoms with Crippen LogP contribution in [0.5, 0.6) is 5.75 Å². The number of carbonyl (C=O) groups excluding carboxylic acids is 2. The highest BCUT2D eigenvalue weighted by Gasteiger charge is 2.26. The Morgan fingerprint density at radius 3 is 2.82 bits per heavy atom. The van der Waals surface area contributed by atoms with Gasteiger partial charge in [0.1, 0.15) is 11.8 Å². The van der Waals surface area contributed by atoms with Crippen molar-refractivity contribution < 1.29 is 24.2 Å². The lowest BCUT2D eigenvalue weighted by atomic mass is 9.99. The molecule has 7 nitrogen and oxygen atoms in total. The maximum absolute atomic E-state index is 12.2. The molecule has 1 aromatic carbocycles. The lowest BCUT2D eigenvalue weighted by molar-refractivity contribution is -0.140. The van der Waals surface area contributed by atoms with Crippen LogP contribution in [0.2, 0.25) is 0 Å². The Balaban J connectivity index is 2.17. The SMILES string of the molecule is CC[C@H](C)[C@H](NC(=O)c1ccc2c(c1)NC(=O)CO2)C(=O)O. The van der Waals surface area contributed by atoms with Crippen LogP contribution in [0.1, 0.15) is 30.6 Å². The summed E-state index contributed by atoms with van der Waals surface area (Å²) in [5, 5.41) is 14.3. The second-order valence-electron chi connectivity index (χ2n) is 5.22. The van der Waals surface area contributed by atoms with Crippen LogP contribution in [-0.4, -0.2) is 35.5 Å². The van der Waals surface area contributed by atoms with E-state index in [0.717, 1.165) is 0 Å². The fraction of sp³-hybridized carbons (Fsp3) is 0.400. The highest BCUT2D eigenvalue weighted by atomic mass is 16.5. The molecule has 0 aliphatic carbocycles. The van der Waals surface area contributed by atoms with Crippen molar-refractivity contribution in [2.45, 2.75) is 26.3 Å². The number of rotatable bonds is 5. The van der Waals surface area contributed by atoms with Crippen LogP contribution in [0, 0.1) is 5.92 Å². The molecule has 1 aliphatic heterocycles. The Bertz CT molecular complexity index is 614. The second-order valence-corrected chi connectivity index (χ2v) is 5.22. The number of hydrogen-bond acceptors (Lipinski definition) is 4. The van der Waals surface area contributed by atoms with Crippen LogP contribution in [0.3, 0.4) is 0 Å². The zero-order valence-corrected chi connectivity index (χ0v) is 12.4. The van der Waals surface area contributed by atoms with Crippen LogP contribution in [0.15, 0.2) is 18.2 Å². The minimum Gasteiger partial charge on any atom is -0.482 e. The maximum Gasteiger partial charge on any atom is 0.326 e. The number of carbonyl (C=O) groups is 3. The van der Waals surface area contributed by atoms with Gasteiger partial charge in [-0.25, -0.2) is 4.79 Å². The molecule has 22 heavy (non-hydrogen) atoms. The molecule has 0 fully saturated rings. The molecule has 0 unspecified atom stereocenters. The monoisotopic (exact) mass is 306 g/mol. The molecule has 0 spiro atoms. The van der Waals surface area contributed by atoms with E-state index in [1.807, 2.05) is 6.92 Å². The van der Waals surface area contributed by atoms with Crippen molar-refractivity contribution >= 4 is 23.5 Å². The highest BCUT2D eigenvalue weighted by Crippen LogP contribution is 2.28. The van der Waals surface area contributed by atoms with Crippen LogP contribution in [0.25, 0.3) is 0 Å². The summed E-state index contributed by atoms with van der Waals surface area (Å²) in [7, 11) is 0. The number of ether oxygens (including phenoxy) is 1. The standard InChI is InChI=1S/C15H18N2O5/c1-3-8(2)13(15(20)21)17-14(19)9-4-5-11-10(6-9)16-12(18)7-22-11/h4-6,8,13H,3,7H2,1-2H3,(H,16,18)(H,17,19)(H,20,21)/t8-,13-/m0/s1. The summed E-state index contributed by atoms with van der Waals surface area (Å²) < 4.78 is 5.21. The molecule has 2 atom stereocenters. The smallest absolute Gasteiger partial charge is 0.326 e. The van der Waals surface area contributed by atoms with E-state index >= 15 is 0 Å². The molecule has 1 heterocycles. The van der Waals surface area contributed by atoms with Crippen molar-refractivity contribution in [2.75, 3.05) is 11.9 Å². The van der Waals surface area contributed by atoms with E-state index in [9.17, 15) is 19.5 Å². The van der Waals surface area contributed by atoms with E-state index in [4.69, 9.17) is 4.74 Å². The first-order valence-electron chi connectivity index (χ1n) is 7.02. The van der Waals surface area contributed by atoms with Crippen molar-refractivity contribution in [3.63, 3.8) is 0 Å². The number of fused-ring (bicyclic) bond motifs is 1. The quantitative estimate of drug-likeness (QED) is 0.759. The summed E-state index contributed by atoms with van der Waals surface area (Å²) in [6.07, 6.45) is 0.630. The number of carboxylic acids is 1. The van der Waals surface area contributed by atoms with Crippen molar-refractivity contribution in [3.8, 4) is 5.75 Å². The summed E-state index contributed by atoms with van der Waals surface area (Å²) in [4.78, 5) is 34.8. The summed E-state index contributed by atoms with van der Waals surface area (Å²) >= 11 is 0. The van der Waals surface area contributed by atoms with Crippen molar-refractivity contribution in [2.24, 2.45) is 5.92 Å². The number of nitrogens with one attached hydrogen (secondary N) is 2. The van der Waals surface area contributed by atoms with Gasteiger partial charge in [-0.2, -0.15) is 0 Å². The summed E-state index contributed by atoms with van der Waals surface area (Å²) in [5.41, 5.74) is 0.665. The number of aliphatic carboxylic acids is 1. The Morgan fingerprint density at radius 1 is 1.45 bits per heavy atom. The predicted molar refractivity (Wildman–Crippen MR) is 78.9 cm³/mol. The Hall–Kier alpha value is -2.57. The number of amides is 2. The largest absolute Gasteiger partial charge is 0.482 e. The van der Waals surface area contributed by atoms with Crippen molar-refractivity contribution in [1.29, 1.82) is 0 Å². The van der Waals surface area contributed by atoms with Gasteiger partial charge in [-0.1, -0.05) is 20.3 Å². The van der Waals surface area contributed by atoms with E-state index in [1.165, 1.54) is 12.1 Å². The van der Waals surface area contributed by atoms with Crippen LogP contribution >= 0.6 is 0 Å². The molecule has 1 aliphatic rings. The van der Waals surface area contributed by atoms with Crippen LogP contribution < -0.4 is 15.4 Å². The van der Waals surface area contributed by atoms with E-state index in [1.54, 1.807) is 13.0 Å². The normalized spacial score (nSPS) is 15.8. The fourth-order valence-electron chi connectivity index (χ4n) is 2.13. The third-order valence-electron chi connectivity index (χ3n) is 3.64. The van der Waals surface area contributed by atoms with Gasteiger partial charge in [-0.15, -0.1) is 0 Å². The molecule has 118 valence electrons. The Morgan fingerprint density at radius 2 is 2.18 bits per heavy atom. The third-order valence-corrected chi connectivity index (χ3v) is 3.64. The molecule has 0 saturated carbocycles. The number of carboxylic acid groups (broad SMARTS) is 1. The average molecular weight is 306 g/mol. The first-order valence-corrected chi connectivity index (χ1v) is 7.02. The highest BCUT2D eigenvalue weighted by molar-refractivity contribution is 6.00. The first-order chi connectivity index (χ1) is 10.4. The zero-order chi connectivity index (χ0) is 16.3. The topological polar surface area (TPSA) is 105 Å². The van der Waals surface area contributed by atoms with E-state index in [-0.39, 0.29) is 24.0 Å². The molecule has 0 bridgehead atoms. The van der Waals surface area contributed by atoms with Gasteiger partial charge in [0.2, 0.25) is 0 Å². The second kappa shape index (κ2) is 6.46. The van der Waals surface area contributed by atoms with Gasteiger partial charge in [0, 0.05) is 5.56 Å². The summed E-state index contributed by atoms with van der Waals surface area (Å²) in [5.74, 6) is -1.59. The molecule has 0 saturated heterocycles. The van der Waals surface area contributed by atoms with Crippen molar-refractivity contribution in [1.82, 2.24) is 5.32 Å². The summed E-state index contributed by atoms with van der Waals surface area (Å²) in [6, 6.07) is 3.61. The summed E-state index contributed by atoms with van der Waals surface area (Å²) in [6.45, 7) is 3.56. The van der Waals surface area contributed by atoms with Gasteiger partial charge >= 0.3 is 5.97 Å². The minimum atomic E-state index is -1.07. The molecule has 0 aromatic heterocycles. The Kier molecular flexibility index (Phi) is 4.65. The van der Waals surface area contributed by atoms with Crippen LogP contribution in [0.4, 0.5) is 5.69 Å². The van der Waals surface area contributed by atoms with Gasteiger partial charge in [0.05, 0.1) is 5.69 Å². The molecule has 1 aromatic rings. The van der Waals surface area contributed by atoms with Gasteiger partial charge < -0.3 is 20.5 Å². The van der Waals surface area contributed by atoms with E-state index in [2.05, 4.69) is 10.6 Å². The Labute approximate surface area is 127 Å². The predicted octanol–water partition coefficient (Wildman–Crippen LogP) is 1.25. The maximum atomic E-state index is 12.2. The first kappa shape index (κ1) is 15.8. The molecule has 7 heteroatoms. The number of benzene rings is 1. The van der Waals surface area contributed by atoms with Crippen LogP contribution in [-0.2, 0) is 9.59 Å². The van der Waals surface area contributed by atoms with Gasteiger partial charge in [-0.3, -0.25) is 9.59 Å². The van der Waals surface area contributed by atoms with Gasteiger partial charge in [0.15, 0.2) is 6.61 Å². The lowest BCUT2D eigenvalue weighted by Crippen LogP contribution is -2.45. The molecular formula is C15H18N2O5. The molecule has 2 amide bonds. The fourth-order valence-corrected chi connectivity index (χ4v) is 2.13. The van der Waals surface area contributed by atoms with Gasteiger partial charge in [-0.05, 0) is 24.1 Å². The number of hydrogen-bond donors (Lipinski definition) is 3. The number of anilines is 1. The molecule has 2 rings (SSSR count). The zero-order valence-electron chi connectivity index (χ0n) is 12.4. The average Bonchev–Trinajstić information content (AvgIpc) is 2.50. The molecule has 0 radical (unpaired) electrons. The molecule has 3 N–H and O–H groups in total. The van der Waals surface area contributed by atoms with E-state index in [0.29, 0.717) is 17.9 Å². The lowest BCUT2D eigenvalue weighted by Gasteiger charge is -2.21. The minimum absolute atomic E-state index is 0.0619. The third kappa shape index (κ3) is 3.36. The van der Waals surface area contributed by atoms with Crippen molar-refractivity contribution in [3.05, 3.63) is 23.8 Å².